The third kappa shape index (κ3) is 3.67. The van der Waals surface area contributed by atoms with E-state index in [-0.39, 0.29) is 23.1 Å². The molecule has 0 amide bonds. The van der Waals surface area contributed by atoms with Gasteiger partial charge in [-0.2, -0.15) is 5.10 Å². The Morgan fingerprint density at radius 2 is 2.00 bits per heavy atom. The predicted octanol–water partition coefficient (Wildman–Crippen LogP) is 3.73. The summed E-state index contributed by atoms with van der Waals surface area (Å²) in [5.41, 5.74) is 2.52. The number of aryl methyl sites for hydroxylation is 2. The van der Waals surface area contributed by atoms with E-state index in [1.165, 1.54) is 6.07 Å². The summed E-state index contributed by atoms with van der Waals surface area (Å²) in [4.78, 5) is 15.0. The van der Waals surface area contributed by atoms with E-state index < -0.39 is 4.92 Å². The molecule has 0 fully saturated rings. The Labute approximate surface area is 135 Å². The van der Waals surface area contributed by atoms with Crippen LogP contribution in [0.25, 0.3) is 0 Å². The van der Waals surface area contributed by atoms with Gasteiger partial charge in [0.05, 0.1) is 22.2 Å². The van der Waals surface area contributed by atoms with Gasteiger partial charge in [-0.1, -0.05) is 0 Å². The van der Waals surface area contributed by atoms with Crippen LogP contribution in [0.4, 0.5) is 11.5 Å². The second kappa shape index (κ2) is 5.98. The lowest BCUT2D eigenvalue weighted by Gasteiger charge is -2.19. The van der Waals surface area contributed by atoms with E-state index in [9.17, 15) is 10.1 Å². The van der Waals surface area contributed by atoms with Gasteiger partial charge < -0.3 is 5.32 Å². The molecule has 0 bridgehead atoms. The van der Waals surface area contributed by atoms with Gasteiger partial charge in [-0.3, -0.25) is 14.8 Å². The molecule has 0 saturated carbocycles. The van der Waals surface area contributed by atoms with Crippen LogP contribution in [0.2, 0.25) is 0 Å². The molecule has 1 N–H and O–H groups in total. The van der Waals surface area contributed by atoms with Crippen molar-refractivity contribution >= 4 is 11.5 Å². The third-order valence-electron chi connectivity index (χ3n) is 3.64. The highest BCUT2D eigenvalue weighted by molar-refractivity contribution is 5.57. The molecule has 0 radical (unpaired) electrons. The van der Waals surface area contributed by atoms with Crippen molar-refractivity contribution < 1.29 is 4.92 Å². The van der Waals surface area contributed by atoms with E-state index in [4.69, 9.17) is 0 Å². The first-order valence-corrected chi connectivity index (χ1v) is 7.54. The molecule has 2 aromatic rings. The van der Waals surface area contributed by atoms with Gasteiger partial charge in [-0.05, 0) is 47.1 Å². The highest BCUT2D eigenvalue weighted by atomic mass is 16.6. The van der Waals surface area contributed by atoms with Gasteiger partial charge in [0.25, 0.3) is 0 Å². The molecule has 2 aromatic heterocycles. The number of nitrogens with zero attached hydrogens (tertiary/aromatic N) is 4. The van der Waals surface area contributed by atoms with Gasteiger partial charge in [-0.15, -0.1) is 0 Å². The van der Waals surface area contributed by atoms with Crippen molar-refractivity contribution in [1.29, 1.82) is 0 Å². The van der Waals surface area contributed by atoms with Crippen molar-refractivity contribution in [3.05, 3.63) is 45.4 Å². The Kier molecular flexibility index (Phi) is 4.40. The van der Waals surface area contributed by atoms with Gasteiger partial charge in [0, 0.05) is 24.0 Å². The molecule has 1 unspecified atom stereocenters. The summed E-state index contributed by atoms with van der Waals surface area (Å²) in [6.07, 6.45) is 3.60. The lowest BCUT2D eigenvalue weighted by Crippen LogP contribution is -2.22. The zero-order valence-corrected chi connectivity index (χ0v) is 14.4. The standard InChI is InChI=1S/C16H23N5O2/c1-10-7-14(21(22)23)15(17-8-10)18-11(2)13-9-20(16(4,5)6)19-12(13)3/h7-9,11H,1-6H3,(H,17,18). The highest BCUT2D eigenvalue weighted by Crippen LogP contribution is 2.28. The fourth-order valence-electron chi connectivity index (χ4n) is 2.33. The molecule has 7 heteroatoms. The van der Waals surface area contributed by atoms with Crippen LogP contribution in [0.1, 0.15) is 50.6 Å². The van der Waals surface area contributed by atoms with E-state index >= 15 is 0 Å². The van der Waals surface area contributed by atoms with Crippen LogP contribution in [-0.4, -0.2) is 19.7 Å². The van der Waals surface area contributed by atoms with Gasteiger partial charge in [-0.25, -0.2) is 4.98 Å². The number of pyridine rings is 1. The SMILES string of the molecule is Cc1cnc(NC(C)c2cn(C(C)(C)C)nc2C)c([N+](=O)[O-])c1. The molecular formula is C16H23N5O2. The molecule has 1 atom stereocenters. The molecule has 0 aromatic carbocycles. The number of nitro groups is 1. The molecule has 0 spiro atoms. The molecule has 7 nitrogen and oxygen atoms in total. The molecule has 0 aliphatic rings. The second-order valence-electron chi connectivity index (χ2n) is 6.79. The van der Waals surface area contributed by atoms with E-state index in [1.807, 2.05) is 24.7 Å². The summed E-state index contributed by atoms with van der Waals surface area (Å²) in [7, 11) is 0. The monoisotopic (exact) mass is 317 g/mol. The summed E-state index contributed by atoms with van der Waals surface area (Å²) < 4.78 is 1.91. The number of hydrogen-bond donors (Lipinski definition) is 1. The topological polar surface area (TPSA) is 85.9 Å². The molecule has 23 heavy (non-hydrogen) atoms. The van der Waals surface area contributed by atoms with E-state index in [2.05, 4.69) is 36.2 Å². The first kappa shape index (κ1) is 16.9. The maximum atomic E-state index is 11.2. The van der Waals surface area contributed by atoms with Crippen molar-refractivity contribution in [3.8, 4) is 0 Å². The maximum absolute atomic E-state index is 11.2. The quantitative estimate of drug-likeness (QED) is 0.686. The minimum absolute atomic E-state index is 0.0160. The largest absolute Gasteiger partial charge is 0.358 e. The molecule has 2 heterocycles. The number of hydrogen-bond acceptors (Lipinski definition) is 5. The smallest absolute Gasteiger partial charge is 0.311 e. The second-order valence-corrected chi connectivity index (χ2v) is 6.79. The number of anilines is 1. The molecular weight excluding hydrogens is 294 g/mol. The van der Waals surface area contributed by atoms with Crippen LogP contribution in [0.5, 0.6) is 0 Å². The lowest BCUT2D eigenvalue weighted by molar-refractivity contribution is -0.384. The summed E-state index contributed by atoms with van der Waals surface area (Å²) in [5.74, 6) is 0.274. The van der Waals surface area contributed by atoms with Gasteiger partial charge in [0.1, 0.15) is 0 Å². The van der Waals surface area contributed by atoms with Crippen molar-refractivity contribution in [2.24, 2.45) is 0 Å². The molecule has 2 rings (SSSR count). The summed E-state index contributed by atoms with van der Waals surface area (Å²) >= 11 is 0. The van der Waals surface area contributed by atoms with Crippen LogP contribution >= 0.6 is 0 Å². The minimum Gasteiger partial charge on any atom is -0.358 e. The van der Waals surface area contributed by atoms with Crippen LogP contribution in [0.15, 0.2) is 18.5 Å². The first-order valence-electron chi connectivity index (χ1n) is 7.54. The third-order valence-corrected chi connectivity index (χ3v) is 3.64. The molecule has 0 aliphatic heterocycles. The zero-order chi connectivity index (χ0) is 17.4. The van der Waals surface area contributed by atoms with E-state index in [0.29, 0.717) is 0 Å². The van der Waals surface area contributed by atoms with Crippen LogP contribution < -0.4 is 5.32 Å². The number of nitrogens with one attached hydrogen (secondary N) is 1. The van der Waals surface area contributed by atoms with Crippen LogP contribution in [0, 0.1) is 24.0 Å². The van der Waals surface area contributed by atoms with Gasteiger partial charge >= 0.3 is 5.69 Å². The number of aromatic nitrogens is 3. The van der Waals surface area contributed by atoms with Crippen molar-refractivity contribution in [3.63, 3.8) is 0 Å². The normalized spacial score (nSPS) is 13.0. The average Bonchev–Trinajstić information content (AvgIpc) is 2.82. The summed E-state index contributed by atoms with van der Waals surface area (Å²) in [6, 6.07) is 1.38. The summed E-state index contributed by atoms with van der Waals surface area (Å²) in [5, 5.41) is 18.9. The van der Waals surface area contributed by atoms with E-state index in [0.717, 1.165) is 16.8 Å². The van der Waals surface area contributed by atoms with Crippen molar-refractivity contribution in [2.45, 2.75) is 53.1 Å². The zero-order valence-electron chi connectivity index (χ0n) is 14.4. The molecule has 0 aliphatic carbocycles. The Morgan fingerprint density at radius 1 is 1.35 bits per heavy atom. The fraction of sp³-hybridized carbons (Fsp3) is 0.500. The van der Waals surface area contributed by atoms with Crippen molar-refractivity contribution in [1.82, 2.24) is 14.8 Å². The average molecular weight is 317 g/mol. The minimum atomic E-state index is -0.416. The predicted molar refractivity (Wildman–Crippen MR) is 89.6 cm³/mol. The summed E-state index contributed by atoms with van der Waals surface area (Å²) in [6.45, 7) is 11.9. The molecule has 124 valence electrons. The van der Waals surface area contributed by atoms with Gasteiger partial charge in [0.2, 0.25) is 5.82 Å². The fourth-order valence-corrected chi connectivity index (χ4v) is 2.33. The highest BCUT2D eigenvalue weighted by Gasteiger charge is 2.22. The Hall–Kier alpha value is -2.44. The van der Waals surface area contributed by atoms with Crippen LogP contribution in [-0.2, 0) is 5.54 Å². The van der Waals surface area contributed by atoms with Gasteiger partial charge in [0.15, 0.2) is 0 Å². The lowest BCUT2D eigenvalue weighted by atomic mass is 10.1. The Bertz CT molecular complexity index is 731. The van der Waals surface area contributed by atoms with E-state index in [1.54, 1.807) is 13.1 Å². The van der Waals surface area contributed by atoms with Crippen LogP contribution in [0.3, 0.4) is 0 Å². The first-order chi connectivity index (χ1) is 10.6. The number of rotatable bonds is 4. The Balaban J connectivity index is 2.32. The Morgan fingerprint density at radius 3 is 2.52 bits per heavy atom. The maximum Gasteiger partial charge on any atom is 0.311 e. The molecule has 0 saturated heterocycles. The van der Waals surface area contributed by atoms with Crippen molar-refractivity contribution in [2.75, 3.05) is 5.32 Å².